The van der Waals surface area contributed by atoms with Crippen LogP contribution in [0.15, 0.2) is 79.0 Å². The zero-order valence-corrected chi connectivity index (χ0v) is 21.6. The van der Waals surface area contributed by atoms with Gasteiger partial charge in [-0.3, -0.25) is 4.79 Å². The van der Waals surface area contributed by atoms with E-state index < -0.39 is 29.4 Å². The number of alkyl halides is 6. The van der Waals surface area contributed by atoms with Gasteiger partial charge in [0.1, 0.15) is 0 Å². The number of anilines is 1. The average molecular weight is 560 g/mol. The molecule has 1 saturated heterocycles. The van der Waals surface area contributed by atoms with Crippen molar-refractivity contribution >= 4 is 22.5 Å². The van der Waals surface area contributed by atoms with Gasteiger partial charge in [-0.05, 0) is 41.5 Å². The van der Waals surface area contributed by atoms with Gasteiger partial charge in [-0.15, -0.1) is 0 Å². The Kier molecular flexibility index (Phi) is 7.29. The molecule has 0 aliphatic carbocycles. The van der Waals surface area contributed by atoms with Gasteiger partial charge in [0.15, 0.2) is 0 Å². The van der Waals surface area contributed by atoms with Crippen LogP contribution in [0.4, 0.5) is 32.0 Å². The minimum atomic E-state index is -4.52. The van der Waals surface area contributed by atoms with Crippen LogP contribution in [0.2, 0.25) is 0 Å². The van der Waals surface area contributed by atoms with Crippen molar-refractivity contribution in [3.8, 4) is 0 Å². The molecule has 0 unspecified atom stereocenters. The fourth-order valence-corrected chi connectivity index (χ4v) is 5.39. The number of aryl methyl sites for hydroxylation is 1. The standard InChI is InChI=1S/C30H27F6N3O/c1-37-19-26(24-10-2-3-11-27(24)37)25(20-6-4-7-21(16-20)29(31,32)33)18-28(40)39-14-12-38(13-15-39)23-9-5-8-22(17-23)30(34,35)36/h2-11,16-17,19,25H,12-15,18H2,1H3/t25-/m1/s1. The van der Waals surface area contributed by atoms with Crippen LogP contribution in [0.1, 0.15) is 34.6 Å². The number of para-hydroxylation sites is 1. The van der Waals surface area contributed by atoms with Gasteiger partial charge >= 0.3 is 12.4 Å². The minimum absolute atomic E-state index is 0.0428. The Morgan fingerprint density at radius 3 is 2.10 bits per heavy atom. The van der Waals surface area contributed by atoms with E-state index in [1.165, 1.54) is 12.1 Å². The number of piperazine rings is 1. The summed E-state index contributed by atoms with van der Waals surface area (Å²) >= 11 is 0. The zero-order valence-electron chi connectivity index (χ0n) is 21.6. The number of fused-ring (bicyclic) bond motifs is 1. The fraction of sp³-hybridized carbons (Fsp3) is 0.300. The maximum atomic E-state index is 13.6. The number of hydrogen-bond donors (Lipinski definition) is 0. The first-order valence-corrected chi connectivity index (χ1v) is 12.8. The Morgan fingerprint density at radius 2 is 1.43 bits per heavy atom. The van der Waals surface area contributed by atoms with Crippen molar-refractivity contribution in [2.24, 2.45) is 7.05 Å². The second-order valence-electron chi connectivity index (χ2n) is 10.0. The van der Waals surface area contributed by atoms with E-state index in [2.05, 4.69) is 0 Å². The van der Waals surface area contributed by atoms with Crippen molar-refractivity contribution in [3.05, 3.63) is 101 Å². The van der Waals surface area contributed by atoms with Crippen molar-refractivity contribution < 1.29 is 31.1 Å². The molecule has 5 rings (SSSR count). The minimum Gasteiger partial charge on any atom is -0.368 e. The van der Waals surface area contributed by atoms with Gasteiger partial charge in [0.05, 0.1) is 11.1 Å². The Morgan fingerprint density at radius 1 is 0.800 bits per heavy atom. The van der Waals surface area contributed by atoms with Crippen molar-refractivity contribution in [1.29, 1.82) is 0 Å². The Balaban J connectivity index is 1.39. The van der Waals surface area contributed by atoms with Crippen LogP contribution < -0.4 is 4.90 Å². The van der Waals surface area contributed by atoms with Crippen LogP contribution >= 0.6 is 0 Å². The smallest absolute Gasteiger partial charge is 0.368 e. The summed E-state index contributed by atoms with van der Waals surface area (Å²) in [7, 11) is 1.85. The average Bonchev–Trinajstić information content (AvgIpc) is 3.27. The largest absolute Gasteiger partial charge is 0.416 e. The highest BCUT2D eigenvalue weighted by Gasteiger charge is 2.34. The summed E-state index contributed by atoms with van der Waals surface area (Å²) in [6.07, 6.45) is -7.16. The summed E-state index contributed by atoms with van der Waals surface area (Å²) in [6.45, 7) is 1.27. The number of nitrogens with zero attached hydrogens (tertiary/aromatic N) is 3. The SMILES string of the molecule is Cn1cc([C@H](CC(=O)N2CCN(c3cccc(C(F)(F)F)c3)CC2)c2cccc(C(F)(F)F)c2)c2ccccc21. The van der Waals surface area contributed by atoms with Crippen LogP contribution in [-0.2, 0) is 24.2 Å². The molecule has 1 atom stereocenters. The summed E-state index contributed by atoms with van der Waals surface area (Å²) in [5.74, 6) is -0.846. The lowest BCUT2D eigenvalue weighted by atomic mass is 9.87. The summed E-state index contributed by atoms with van der Waals surface area (Å²) in [6, 6.07) is 17.7. The van der Waals surface area contributed by atoms with Crippen molar-refractivity contribution in [1.82, 2.24) is 9.47 Å². The molecule has 210 valence electrons. The van der Waals surface area contributed by atoms with E-state index in [0.29, 0.717) is 37.4 Å². The van der Waals surface area contributed by atoms with Crippen LogP contribution in [0, 0.1) is 0 Å². The van der Waals surface area contributed by atoms with Gasteiger partial charge in [-0.1, -0.05) is 42.5 Å². The number of carbonyl (C=O) groups is 1. The van der Waals surface area contributed by atoms with Gasteiger partial charge in [-0.2, -0.15) is 26.3 Å². The summed E-state index contributed by atoms with van der Waals surface area (Å²) in [4.78, 5) is 17.0. The highest BCUT2D eigenvalue weighted by atomic mass is 19.4. The quantitative estimate of drug-likeness (QED) is 0.245. The predicted octanol–water partition coefficient (Wildman–Crippen LogP) is 7.09. The third-order valence-corrected chi connectivity index (χ3v) is 7.47. The molecule has 4 aromatic rings. The molecule has 0 bridgehead atoms. The third kappa shape index (κ3) is 5.66. The number of aromatic nitrogens is 1. The van der Waals surface area contributed by atoms with E-state index >= 15 is 0 Å². The van der Waals surface area contributed by atoms with E-state index in [1.807, 2.05) is 42.1 Å². The third-order valence-electron chi connectivity index (χ3n) is 7.47. The first-order chi connectivity index (χ1) is 18.9. The predicted molar refractivity (Wildman–Crippen MR) is 141 cm³/mol. The Hall–Kier alpha value is -3.95. The molecule has 1 fully saturated rings. The molecule has 10 heteroatoms. The molecule has 1 amide bonds. The monoisotopic (exact) mass is 559 g/mol. The molecule has 1 aromatic heterocycles. The van der Waals surface area contributed by atoms with Crippen molar-refractivity contribution in [2.45, 2.75) is 24.7 Å². The molecule has 0 radical (unpaired) electrons. The van der Waals surface area contributed by atoms with E-state index in [4.69, 9.17) is 0 Å². The summed E-state index contributed by atoms with van der Waals surface area (Å²) < 4.78 is 82.1. The molecule has 3 aromatic carbocycles. The van der Waals surface area contributed by atoms with Crippen molar-refractivity contribution in [2.75, 3.05) is 31.1 Å². The molecule has 1 aliphatic rings. The molecule has 2 heterocycles. The second-order valence-corrected chi connectivity index (χ2v) is 10.0. The van der Waals surface area contributed by atoms with E-state index in [9.17, 15) is 31.1 Å². The fourth-order valence-electron chi connectivity index (χ4n) is 5.39. The molecular weight excluding hydrogens is 532 g/mol. The van der Waals surface area contributed by atoms with Gasteiger partial charge < -0.3 is 14.4 Å². The second kappa shape index (κ2) is 10.6. The number of carbonyl (C=O) groups excluding carboxylic acids is 1. The first-order valence-electron chi connectivity index (χ1n) is 12.8. The lowest BCUT2D eigenvalue weighted by molar-refractivity contribution is -0.138. The normalized spacial score (nSPS) is 15.5. The van der Waals surface area contributed by atoms with E-state index in [1.54, 1.807) is 21.9 Å². The topological polar surface area (TPSA) is 28.5 Å². The van der Waals surface area contributed by atoms with Crippen LogP contribution in [0.5, 0.6) is 0 Å². The highest BCUT2D eigenvalue weighted by molar-refractivity contribution is 5.86. The van der Waals surface area contributed by atoms with Crippen LogP contribution in [0.3, 0.4) is 0 Å². The molecule has 1 aliphatic heterocycles. The Labute approximate surface area is 227 Å². The van der Waals surface area contributed by atoms with Gasteiger partial charge in [-0.25, -0.2) is 0 Å². The lowest BCUT2D eigenvalue weighted by Gasteiger charge is -2.37. The van der Waals surface area contributed by atoms with Gasteiger partial charge in [0.2, 0.25) is 5.91 Å². The maximum absolute atomic E-state index is 13.6. The van der Waals surface area contributed by atoms with Crippen LogP contribution in [0.25, 0.3) is 10.9 Å². The highest BCUT2D eigenvalue weighted by Crippen LogP contribution is 2.38. The lowest BCUT2D eigenvalue weighted by Crippen LogP contribution is -2.49. The number of hydrogen-bond acceptors (Lipinski definition) is 2. The first kappa shape index (κ1) is 27.6. The summed E-state index contributed by atoms with van der Waals surface area (Å²) in [5, 5.41) is 0.856. The molecule has 0 N–H and O–H groups in total. The maximum Gasteiger partial charge on any atom is 0.416 e. The number of halogens is 6. The van der Waals surface area contributed by atoms with E-state index in [-0.39, 0.29) is 12.3 Å². The van der Waals surface area contributed by atoms with Crippen molar-refractivity contribution in [3.63, 3.8) is 0 Å². The van der Waals surface area contributed by atoms with E-state index in [0.717, 1.165) is 40.7 Å². The van der Waals surface area contributed by atoms with Gasteiger partial charge in [0.25, 0.3) is 0 Å². The Bertz CT molecular complexity index is 1520. The molecular formula is C30H27F6N3O. The molecule has 4 nitrogen and oxygen atoms in total. The van der Waals surface area contributed by atoms with Crippen LogP contribution in [-0.4, -0.2) is 41.6 Å². The molecule has 0 saturated carbocycles. The molecule has 0 spiro atoms. The molecule has 40 heavy (non-hydrogen) atoms. The van der Waals surface area contributed by atoms with Gasteiger partial charge in [0, 0.05) is 68.4 Å². The number of benzene rings is 3. The zero-order chi connectivity index (χ0) is 28.7. The summed E-state index contributed by atoms with van der Waals surface area (Å²) in [5.41, 5.74) is 0.964. The number of amides is 1. The number of rotatable bonds is 5.